The van der Waals surface area contributed by atoms with E-state index in [0.717, 1.165) is 35.7 Å². The normalized spacial score (nSPS) is 13.8. The zero-order chi connectivity index (χ0) is 20.1. The summed E-state index contributed by atoms with van der Waals surface area (Å²) in [5.74, 6) is 0.566. The molecule has 0 aliphatic carbocycles. The first kappa shape index (κ1) is 20.5. The van der Waals surface area contributed by atoms with E-state index in [0.29, 0.717) is 12.2 Å². The molecule has 3 rings (SSSR count). The number of anilines is 2. The molecule has 4 nitrogen and oxygen atoms in total. The molecule has 2 aromatic carbocycles. The Labute approximate surface area is 171 Å². The summed E-state index contributed by atoms with van der Waals surface area (Å²) >= 11 is 1.53. The second-order valence-corrected chi connectivity index (χ2v) is 9.43. The van der Waals surface area contributed by atoms with Gasteiger partial charge in [-0.15, -0.1) is 11.8 Å². The molecule has 28 heavy (non-hydrogen) atoms. The van der Waals surface area contributed by atoms with E-state index in [1.54, 1.807) is 0 Å². The predicted molar refractivity (Wildman–Crippen MR) is 117 cm³/mol. The highest BCUT2D eigenvalue weighted by Gasteiger charge is 2.22. The van der Waals surface area contributed by atoms with E-state index in [9.17, 15) is 9.59 Å². The maximum absolute atomic E-state index is 12.7. The lowest BCUT2D eigenvalue weighted by Gasteiger charge is -2.29. The van der Waals surface area contributed by atoms with Crippen LogP contribution in [0.2, 0.25) is 0 Å². The Morgan fingerprint density at radius 1 is 1.07 bits per heavy atom. The average molecular weight is 397 g/mol. The van der Waals surface area contributed by atoms with Crippen molar-refractivity contribution < 1.29 is 9.59 Å². The molecule has 0 aromatic heterocycles. The van der Waals surface area contributed by atoms with Gasteiger partial charge in [0.05, 0.1) is 5.75 Å². The van der Waals surface area contributed by atoms with Crippen LogP contribution in [-0.2, 0) is 16.0 Å². The minimum absolute atomic E-state index is 0.0202. The van der Waals surface area contributed by atoms with Crippen LogP contribution in [0.1, 0.15) is 39.2 Å². The van der Waals surface area contributed by atoms with E-state index in [1.165, 1.54) is 17.3 Å². The Morgan fingerprint density at radius 3 is 2.50 bits per heavy atom. The molecular formula is C23H28N2O2S. The second kappa shape index (κ2) is 8.82. The van der Waals surface area contributed by atoms with E-state index in [1.807, 2.05) is 68.1 Å². The van der Waals surface area contributed by atoms with Gasteiger partial charge in [-0.05, 0) is 54.2 Å². The van der Waals surface area contributed by atoms with E-state index < -0.39 is 0 Å². The largest absolute Gasteiger partial charge is 0.326 e. The van der Waals surface area contributed by atoms with Crippen LogP contribution in [0.25, 0.3) is 0 Å². The van der Waals surface area contributed by atoms with Gasteiger partial charge in [-0.2, -0.15) is 0 Å². The fourth-order valence-corrected chi connectivity index (χ4v) is 4.11. The van der Waals surface area contributed by atoms with Crippen LogP contribution >= 0.6 is 11.8 Å². The number of hydrogen-bond donors (Lipinski definition) is 1. The van der Waals surface area contributed by atoms with Gasteiger partial charge in [-0.1, -0.05) is 39.0 Å². The van der Waals surface area contributed by atoms with Crippen molar-refractivity contribution in [2.24, 2.45) is 5.41 Å². The summed E-state index contributed by atoms with van der Waals surface area (Å²) in [6.07, 6.45) is 2.53. The number of benzene rings is 2. The van der Waals surface area contributed by atoms with Crippen molar-refractivity contribution in [3.63, 3.8) is 0 Å². The first-order chi connectivity index (χ1) is 13.3. The third kappa shape index (κ3) is 5.61. The molecule has 0 fully saturated rings. The Kier molecular flexibility index (Phi) is 6.45. The molecule has 1 aliphatic heterocycles. The Hall–Kier alpha value is -2.27. The maximum atomic E-state index is 12.7. The van der Waals surface area contributed by atoms with Gasteiger partial charge >= 0.3 is 0 Å². The fourth-order valence-electron chi connectivity index (χ4n) is 3.34. The second-order valence-electron chi connectivity index (χ2n) is 8.38. The van der Waals surface area contributed by atoms with Gasteiger partial charge in [-0.3, -0.25) is 9.59 Å². The Morgan fingerprint density at radius 2 is 1.79 bits per heavy atom. The van der Waals surface area contributed by atoms with Crippen LogP contribution in [0.3, 0.4) is 0 Å². The van der Waals surface area contributed by atoms with Crippen molar-refractivity contribution in [1.82, 2.24) is 0 Å². The van der Waals surface area contributed by atoms with Gasteiger partial charge in [0.2, 0.25) is 11.8 Å². The van der Waals surface area contributed by atoms with Gasteiger partial charge in [-0.25, -0.2) is 0 Å². The highest BCUT2D eigenvalue weighted by atomic mass is 32.2. The first-order valence-corrected chi connectivity index (χ1v) is 10.7. The number of carbonyl (C=O) groups is 2. The molecule has 0 saturated heterocycles. The molecule has 1 N–H and O–H groups in total. The molecule has 0 radical (unpaired) electrons. The first-order valence-electron chi connectivity index (χ1n) is 9.73. The molecule has 5 heteroatoms. The predicted octanol–water partition coefficient (Wildman–Crippen LogP) is 5.13. The highest BCUT2D eigenvalue weighted by molar-refractivity contribution is 8.00. The third-order valence-electron chi connectivity index (χ3n) is 4.60. The summed E-state index contributed by atoms with van der Waals surface area (Å²) in [7, 11) is 0. The van der Waals surface area contributed by atoms with Crippen LogP contribution in [0.4, 0.5) is 11.4 Å². The maximum Gasteiger partial charge on any atom is 0.237 e. The molecule has 1 heterocycles. The minimum atomic E-state index is -0.0344. The van der Waals surface area contributed by atoms with Gasteiger partial charge in [0.25, 0.3) is 0 Å². The molecule has 0 atom stereocenters. The van der Waals surface area contributed by atoms with E-state index in [-0.39, 0.29) is 17.2 Å². The number of amides is 2. The standard InChI is InChI=1S/C23H28N2O2S/c1-23(2,3)15-21(26)24-18-10-12-19(13-11-18)28-16-22(27)25-14-6-8-17-7-4-5-9-20(17)25/h4-5,7,9-13H,6,8,14-16H2,1-3H3,(H,24,26). The van der Waals surface area contributed by atoms with Crippen molar-refractivity contribution >= 4 is 35.0 Å². The Bertz CT molecular complexity index is 840. The number of hydrogen-bond acceptors (Lipinski definition) is 3. The summed E-state index contributed by atoms with van der Waals surface area (Å²) < 4.78 is 0. The summed E-state index contributed by atoms with van der Waals surface area (Å²) in [6, 6.07) is 15.9. The molecule has 0 spiro atoms. The number of fused-ring (bicyclic) bond motifs is 1. The number of nitrogens with one attached hydrogen (secondary N) is 1. The van der Waals surface area contributed by atoms with Gasteiger partial charge in [0.15, 0.2) is 0 Å². The third-order valence-corrected chi connectivity index (χ3v) is 5.60. The molecular weight excluding hydrogens is 368 g/mol. The number of nitrogens with zero attached hydrogens (tertiary/aromatic N) is 1. The topological polar surface area (TPSA) is 49.4 Å². The van der Waals surface area contributed by atoms with Crippen molar-refractivity contribution in [2.75, 3.05) is 22.5 Å². The monoisotopic (exact) mass is 396 g/mol. The summed E-state index contributed by atoms with van der Waals surface area (Å²) in [5, 5.41) is 2.93. The smallest absolute Gasteiger partial charge is 0.237 e. The van der Waals surface area contributed by atoms with Crippen molar-refractivity contribution in [3.05, 3.63) is 54.1 Å². The summed E-state index contributed by atoms with van der Waals surface area (Å²) in [5.41, 5.74) is 3.06. The lowest BCUT2D eigenvalue weighted by molar-refractivity contribution is -0.118. The average Bonchev–Trinajstić information content (AvgIpc) is 2.65. The van der Waals surface area contributed by atoms with Crippen molar-refractivity contribution in [2.45, 2.75) is 44.9 Å². The quantitative estimate of drug-likeness (QED) is 0.713. The fraction of sp³-hybridized carbons (Fsp3) is 0.391. The minimum Gasteiger partial charge on any atom is -0.326 e. The molecule has 2 aromatic rings. The lowest BCUT2D eigenvalue weighted by Crippen LogP contribution is -2.36. The van der Waals surface area contributed by atoms with Crippen LogP contribution in [0.5, 0.6) is 0 Å². The summed E-state index contributed by atoms with van der Waals surface area (Å²) in [4.78, 5) is 27.7. The van der Waals surface area contributed by atoms with Crippen LogP contribution in [0, 0.1) is 5.41 Å². The Balaban J connectivity index is 1.54. The number of aryl methyl sites for hydroxylation is 1. The SMILES string of the molecule is CC(C)(C)CC(=O)Nc1ccc(SCC(=O)N2CCCc3ccccc32)cc1. The van der Waals surface area contributed by atoms with Crippen LogP contribution in [0.15, 0.2) is 53.4 Å². The van der Waals surface area contributed by atoms with Gasteiger partial charge in [0.1, 0.15) is 0 Å². The molecule has 2 amide bonds. The van der Waals surface area contributed by atoms with E-state index >= 15 is 0 Å². The zero-order valence-electron chi connectivity index (χ0n) is 16.8. The number of para-hydroxylation sites is 1. The molecule has 0 bridgehead atoms. The number of rotatable bonds is 5. The van der Waals surface area contributed by atoms with Gasteiger partial charge < -0.3 is 10.2 Å². The molecule has 0 saturated carbocycles. The zero-order valence-corrected chi connectivity index (χ0v) is 17.6. The van der Waals surface area contributed by atoms with Crippen LogP contribution in [-0.4, -0.2) is 24.1 Å². The highest BCUT2D eigenvalue weighted by Crippen LogP contribution is 2.28. The van der Waals surface area contributed by atoms with Crippen LogP contribution < -0.4 is 10.2 Å². The molecule has 1 aliphatic rings. The van der Waals surface area contributed by atoms with E-state index in [4.69, 9.17) is 0 Å². The number of carbonyl (C=O) groups excluding carboxylic acids is 2. The lowest BCUT2D eigenvalue weighted by atomic mass is 9.92. The molecule has 148 valence electrons. The van der Waals surface area contributed by atoms with E-state index in [2.05, 4.69) is 11.4 Å². The number of thioether (sulfide) groups is 1. The van der Waals surface area contributed by atoms with Crippen molar-refractivity contribution in [3.8, 4) is 0 Å². The molecule has 0 unspecified atom stereocenters. The van der Waals surface area contributed by atoms with Crippen molar-refractivity contribution in [1.29, 1.82) is 0 Å². The van der Waals surface area contributed by atoms with Gasteiger partial charge in [0, 0.05) is 29.2 Å². The summed E-state index contributed by atoms with van der Waals surface area (Å²) in [6.45, 7) is 6.92.